The molecule has 0 aliphatic heterocycles. The number of hydrogen-bond donors (Lipinski definition) is 1. The molecular weight excluding hydrogens is 255 g/mol. The van der Waals surface area contributed by atoms with E-state index in [0.717, 1.165) is 44.7 Å². The minimum Gasteiger partial charge on any atom is -0.312 e. The Bertz CT molecular complexity index is 400. The lowest BCUT2D eigenvalue weighted by atomic mass is 9.90. The molecule has 2 atom stereocenters. The van der Waals surface area contributed by atoms with Gasteiger partial charge in [-0.3, -0.25) is 4.68 Å². The zero-order valence-electron chi connectivity index (χ0n) is 11.1. The van der Waals surface area contributed by atoms with Gasteiger partial charge in [-0.2, -0.15) is 18.3 Å². The molecule has 1 heterocycles. The molecule has 108 valence electrons. The zero-order valence-corrected chi connectivity index (χ0v) is 11.1. The SMILES string of the molecule is CCCNC1CCCCC1n1ccc(C(F)(F)F)n1. The van der Waals surface area contributed by atoms with Crippen molar-refractivity contribution in [3.05, 3.63) is 18.0 Å². The van der Waals surface area contributed by atoms with E-state index in [2.05, 4.69) is 17.3 Å². The van der Waals surface area contributed by atoms with Crippen LogP contribution >= 0.6 is 0 Å². The summed E-state index contributed by atoms with van der Waals surface area (Å²) in [7, 11) is 0. The quantitative estimate of drug-likeness (QED) is 0.913. The summed E-state index contributed by atoms with van der Waals surface area (Å²) in [5, 5.41) is 7.14. The number of rotatable bonds is 4. The molecular formula is C13H20F3N3. The lowest BCUT2D eigenvalue weighted by Crippen LogP contribution is -2.40. The van der Waals surface area contributed by atoms with Crippen molar-refractivity contribution >= 4 is 0 Å². The molecule has 1 saturated carbocycles. The summed E-state index contributed by atoms with van der Waals surface area (Å²) in [4.78, 5) is 0. The van der Waals surface area contributed by atoms with Crippen LogP contribution in [0.3, 0.4) is 0 Å². The Kier molecular flexibility index (Phi) is 4.50. The molecule has 1 N–H and O–H groups in total. The highest BCUT2D eigenvalue weighted by Gasteiger charge is 2.35. The van der Waals surface area contributed by atoms with Crippen LogP contribution in [0, 0.1) is 0 Å². The van der Waals surface area contributed by atoms with Crippen LogP contribution in [0.2, 0.25) is 0 Å². The number of aromatic nitrogens is 2. The Morgan fingerprint density at radius 3 is 2.74 bits per heavy atom. The lowest BCUT2D eigenvalue weighted by Gasteiger charge is -2.32. The Balaban J connectivity index is 2.11. The number of nitrogens with zero attached hydrogens (tertiary/aromatic N) is 2. The first-order valence-corrected chi connectivity index (χ1v) is 6.88. The third-order valence-electron chi connectivity index (χ3n) is 3.62. The molecule has 0 bridgehead atoms. The highest BCUT2D eigenvalue weighted by Crippen LogP contribution is 2.31. The topological polar surface area (TPSA) is 29.9 Å². The molecule has 0 radical (unpaired) electrons. The van der Waals surface area contributed by atoms with Crippen LogP contribution in [0.5, 0.6) is 0 Å². The van der Waals surface area contributed by atoms with Gasteiger partial charge in [-0.1, -0.05) is 19.8 Å². The van der Waals surface area contributed by atoms with Crippen molar-refractivity contribution in [3.63, 3.8) is 0 Å². The molecule has 0 spiro atoms. The highest BCUT2D eigenvalue weighted by molar-refractivity contribution is 5.05. The van der Waals surface area contributed by atoms with E-state index < -0.39 is 11.9 Å². The monoisotopic (exact) mass is 275 g/mol. The number of halogens is 3. The normalized spacial score (nSPS) is 24.6. The zero-order chi connectivity index (χ0) is 13.9. The third-order valence-corrected chi connectivity index (χ3v) is 3.62. The second-order valence-corrected chi connectivity index (χ2v) is 5.09. The average molecular weight is 275 g/mol. The van der Waals surface area contributed by atoms with Gasteiger partial charge in [0.25, 0.3) is 0 Å². The van der Waals surface area contributed by atoms with Gasteiger partial charge in [-0.15, -0.1) is 0 Å². The summed E-state index contributed by atoms with van der Waals surface area (Å²) < 4.78 is 39.2. The van der Waals surface area contributed by atoms with Gasteiger partial charge >= 0.3 is 6.18 Å². The first-order valence-electron chi connectivity index (χ1n) is 6.88. The van der Waals surface area contributed by atoms with E-state index in [9.17, 15) is 13.2 Å². The van der Waals surface area contributed by atoms with Crippen LogP contribution in [-0.4, -0.2) is 22.4 Å². The first kappa shape index (κ1) is 14.4. The van der Waals surface area contributed by atoms with Crippen molar-refractivity contribution in [1.29, 1.82) is 0 Å². The molecule has 1 fully saturated rings. The van der Waals surface area contributed by atoms with Crippen LogP contribution in [0.4, 0.5) is 13.2 Å². The van der Waals surface area contributed by atoms with E-state index in [1.165, 1.54) is 10.9 Å². The molecule has 1 aromatic heterocycles. The van der Waals surface area contributed by atoms with Crippen LogP contribution in [0.25, 0.3) is 0 Å². The van der Waals surface area contributed by atoms with Crippen molar-refractivity contribution in [1.82, 2.24) is 15.1 Å². The summed E-state index contributed by atoms with van der Waals surface area (Å²) in [6.07, 6.45) is 2.20. The van der Waals surface area contributed by atoms with Gasteiger partial charge in [0.15, 0.2) is 5.69 Å². The Morgan fingerprint density at radius 2 is 2.11 bits per heavy atom. The summed E-state index contributed by atoms with van der Waals surface area (Å²) in [6.45, 7) is 2.98. The molecule has 2 rings (SSSR count). The Labute approximate surface area is 111 Å². The fourth-order valence-electron chi connectivity index (χ4n) is 2.67. The molecule has 2 unspecified atom stereocenters. The Morgan fingerprint density at radius 1 is 1.37 bits per heavy atom. The highest BCUT2D eigenvalue weighted by atomic mass is 19.4. The van der Waals surface area contributed by atoms with Crippen molar-refractivity contribution < 1.29 is 13.2 Å². The van der Waals surface area contributed by atoms with E-state index >= 15 is 0 Å². The number of alkyl halides is 3. The maximum Gasteiger partial charge on any atom is 0.435 e. The molecule has 1 aliphatic rings. The van der Waals surface area contributed by atoms with Gasteiger partial charge in [0, 0.05) is 12.2 Å². The predicted molar refractivity (Wildman–Crippen MR) is 66.8 cm³/mol. The van der Waals surface area contributed by atoms with Gasteiger partial charge in [0.05, 0.1) is 6.04 Å². The molecule has 1 aliphatic carbocycles. The van der Waals surface area contributed by atoms with E-state index in [1.54, 1.807) is 0 Å². The molecule has 0 saturated heterocycles. The summed E-state index contributed by atoms with van der Waals surface area (Å²) in [5.41, 5.74) is -0.799. The molecule has 0 amide bonds. The van der Waals surface area contributed by atoms with Crippen molar-refractivity contribution in [2.45, 2.75) is 57.3 Å². The fourth-order valence-corrected chi connectivity index (χ4v) is 2.67. The van der Waals surface area contributed by atoms with Crippen LogP contribution in [0.1, 0.15) is 50.8 Å². The molecule has 3 nitrogen and oxygen atoms in total. The van der Waals surface area contributed by atoms with Gasteiger partial charge in [0.1, 0.15) is 0 Å². The number of hydrogen-bond acceptors (Lipinski definition) is 2. The maximum absolute atomic E-state index is 12.6. The smallest absolute Gasteiger partial charge is 0.312 e. The largest absolute Gasteiger partial charge is 0.435 e. The summed E-state index contributed by atoms with van der Waals surface area (Å²) >= 11 is 0. The van der Waals surface area contributed by atoms with E-state index in [0.29, 0.717) is 0 Å². The van der Waals surface area contributed by atoms with Crippen LogP contribution < -0.4 is 5.32 Å². The minimum absolute atomic E-state index is 0.0383. The van der Waals surface area contributed by atoms with Gasteiger partial charge in [0.2, 0.25) is 0 Å². The third kappa shape index (κ3) is 3.49. The summed E-state index contributed by atoms with van der Waals surface area (Å²) in [6, 6.07) is 1.33. The van der Waals surface area contributed by atoms with Crippen molar-refractivity contribution in [2.24, 2.45) is 0 Å². The van der Waals surface area contributed by atoms with E-state index in [-0.39, 0.29) is 12.1 Å². The van der Waals surface area contributed by atoms with Gasteiger partial charge in [-0.25, -0.2) is 0 Å². The summed E-state index contributed by atoms with van der Waals surface area (Å²) in [5.74, 6) is 0. The fraction of sp³-hybridized carbons (Fsp3) is 0.769. The minimum atomic E-state index is -4.35. The number of nitrogens with one attached hydrogen (secondary N) is 1. The van der Waals surface area contributed by atoms with Gasteiger partial charge in [-0.05, 0) is 31.9 Å². The van der Waals surface area contributed by atoms with Crippen LogP contribution in [0.15, 0.2) is 12.3 Å². The van der Waals surface area contributed by atoms with E-state index in [1.807, 2.05) is 0 Å². The van der Waals surface area contributed by atoms with Crippen molar-refractivity contribution in [2.75, 3.05) is 6.54 Å². The molecule has 19 heavy (non-hydrogen) atoms. The van der Waals surface area contributed by atoms with Crippen molar-refractivity contribution in [3.8, 4) is 0 Å². The Hall–Kier alpha value is -1.04. The molecule has 6 heteroatoms. The molecule has 0 aromatic carbocycles. The standard InChI is InChI=1S/C13H20F3N3/c1-2-8-17-10-5-3-4-6-11(10)19-9-7-12(18-19)13(14,15)16/h7,9-11,17H,2-6,8H2,1H3. The maximum atomic E-state index is 12.6. The average Bonchev–Trinajstić information content (AvgIpc) is 2.86. The second kappa shape index (κ2) is 5.94. The van der Waals surface area contributed by atoms with Gasteiger partial charge < -0.3 is 5.32 Å². The predicted octanol–water partition coefficient (Wildman–Crippen LogP) is 3.39. The second-order valence-electron chi connectivity index (χ2n) is 5.09. The molecule has 1 aromatic rings. The first-order chi connectivity index (χ1) is 9.02. The van der Waals surface area contributed by atoms with E-state index in [4.69, 9.17) is 0 Å². The lowest BCUT2D eigenvalue weighted by molar-refractivity contribution is -0.141. The van der Waals surface area contributed by atoms with Crippen LogP contribution in [-0.2, 0) is 6.18 Å².